The van der Waals surface area contributed by atoms with Crippen molar-refractivity contribution in [3.63, 3.8) is 0 Å². The van der Waals surface area contributed by atoms with E-state index in [2.05, 4.69) is 10.3 Å². The van der Waals surface area contributed by atoms with Gasteiger partial charge in [-0.2, -0.15) is 0 Å². The number of nitrogens with zero attached hydrogens (tertiary/aromatic N) is 1. The first-order valence-electron chi connectivity index (χ1n) is 11.4. The van der Waals surface area contributed by atoms with Crippen molar-refractivity contribution in [2.24, 2.45) is 10.9 Å². The Morgan fingerprint density at radius 1 is 0.944 bits per heavy atom. The summed E-state index contributed by atoms with van der Waals surface area (Å²) < 4.78 is 43.5. The number of aliphatic imine (C=N–C) groups is 1. The Morgan fingerprint density at radius 3 is 2.53 bits per heavy atom. The Bertz CT molecular complexity index is 1330. The minimum absolute atomic E-state index is 0.0884. The van der Waals surface area contributed by atoms with Crippen molar-refractivity contribution in [2.75, 3.05) is 6.79 Å². The topological polar surface area (TPSA) is 86.2 Å². The van der Waals surface area contributed by atoms with E-state index in [0.717, 1.165) is 5.56 Å². The van der Waals surface area contributed by atoms with E-state index in [4.69, 9.17) is 14.2 Å². The van der Waals surface area contributed by atoms with Gasteiger partial charge in [0.1, 0.15) is 24.2 Å². The number of halogens is 2. The molecule has 3 aromatic rings. The summed E-state index contributed by atoms with van der Waals surface area (Å²) in [4.78, 5) is 29.9. The van der Waals surface area contributed by atoms with Gasteiger partial charge >= 0.3 is 12.0 Å². The molecule has 0 spiro atoms. The van der Waals surface area contributed by atoms with E-state index in [1.54, 1.807) is 12.1 Å². The van der Waals surface area contributed by atoms with Gasteiger partial charge in [-0.25, -0.2) is 18.6 Å². The van der Waals surface area contributed by atoms with Crippen LogP contribution in [0.1, 0.15) is 29.2 Å². The Kier molecular flexibility index (Phi) is 6.62. The molecule has 2 atom stereocenters. The summed E-state index contributed by atoms with van der Waals surface area (Å²) in [7, 11) is 0. The van der Waals surface area contributed by atoms with Gasteiger partial charge in [-0.05, 0) is 65.9 Å². The van der Waals surface area contributed by atoms with Crippen LogP contribution in [0.4, 0.5) is 13.6 Å². The molecule has 7 nitrogen and oxygen atoms in total. The van der Waals surface area contributed by atoms with Gasteiger partial charge in [0.15, 0.2) is 11.5 Å². The minimum Gasteiger partial charge on any atom is -0.460 e. The smallest absolute Gasteiger partial charge is 0.341 e. The Morgan fingerprint density at radius 2 is 1.72 bits per heavy atom. The lowest BCUT2D eigenvalue weighted by molar-refractivity contribution is -0.148. The average Bonchev–Trinajstić information content (AvgIpc) is 3.34. The lowest BCUT2D eigenvalue weighted by atomic mass is 9.85. The number of fused-ring (bicyclic) bond motifs is 1. The van der Waals surface area contributed by atoms with Crippen LogP contribution in [0.5, 0.6) is 11.5 Å². The van der Waals surface area contributed by atoms with Crippen LogP contribution in [0.15, 0.2) is 71.7 Å². The Balaban J connectivity index is 1.39. The van der Waals surface area contributed by atoms with Gasteiger partial charge in [-0.15, -0.1) is 0 Å². The van der Waals surface area contributed by atoms with Crippen molar-refractivity contribution in [3.05, 3.63) is 95.1 Å². The number of esters is 1. The van der Waals surface area contributed by atoms with Crippen molar-refractivity contribution < 1.29 is 32.6 Å². The third-order valence-corrected chi connectivity index (χ3v) is 6.08. The first-order chi connectivity index (χ1) is 17.5. The molecule has 1 N–H and O–H groups in total. The van der Waals surface area contributed by atoms with E-state index in [-0.39, 0.29) is 19.8 Å². The zero-order valence-corrected chi connectivity index (χ0v) is 19.1. The monoisotopic (exact) mass is 492 g/mol. The Labute approximate surface area is 205 Å². The van der Waals surface area contributed by atoms with Gasteiger partial charge in [0.25, 0.3) is 0 Å². The summed E-state index contributed by atoms with van der Waals surface area (Å²) in [5, 5.41) is 2.68. The van der Waals surface area contributed by atoms with Crippen molar-refractivity contribution >= 4 is 17.7 Å². The molecule has 0 aromatic heterocycles. The fourth-order valence-corrected chi connectivity index (χ4v) is 4.29. The van der Waals surface area contributed by atoms with Gasteiger partial charge in [0, 0.05) is 5.71 Å². The lowest BCUT2D eigenvalue weighted by Gasteiger charge is -2.31. The number of aryl methyl sites for hydroxylation is 1. The normalized spacial score (nSPS) is 18.4. The molecule has 184 valence electrons. The van der Waals surface area contributed by atoms with Gasteiger partial charge in [-0.1, -0.05) is 30.3 Å². The zero-order chi connectivity index (χ0) is 25.1. The van der Waals surface area contributed by atoms with E-state index in [1.165, 1.54) is 42.5 Å². The van der Waals surface area contributed by atoms with Crippen LogP contribution in [0.25, 0.3) is 0 Å². The molecule has 2 heterocycles. The van der Waals surface area contributed by atoms with Gasteiger partial charge in [-0.3, -0.25) is 4.79 Å². The van der Waals surface area contributed by atoms with Crippen LogP contribution in [-0.2, 0) is 22.6 Å². The quantitative estimate of drug-likeness (QED) is 0.475. The van der Waals surface area contributed by atoms with E-state index in [0.29, 0.717) is 34.8 Å². The van der Waals surface area contributed by atoms with E-state index in [9.17, 15) is 18.4 Å². The predicted octanol–water partition coefficient (Wildman–Crippen LogP) is 4.89. The highest BCUT2D eigenvalue weighted by Gasteiger charge is 2.39. The lowest BCUT2D eigenvalue weighted by Crippen LogP contribution is -2.45. The minimum atomic E-state index is -0.973. The molecule has 2 unspecified atom stereocenters. The molecule has 0 bridgehead atoms. The number of amides is 2. The highest BCUT2D eigenvalue weighted by atomic mass is 19.1. The second kappa shape index (κ2) is 10.2. The molecule has 2 aliphatic rings. The second-order valence-electron chi connectivity index (χ2n) is 8.48. The number of carbonyl (C=O) groups excluding carboxylic acids is 2. The first-order valence-corrected chi connectivity index (χ1v) is 11.4. The molecule has 0 aliphatic carbocycles. The molecule has 0 radical (unpaired) electrons. The van der Waals surface area contributed by atoms with Gasteiger partial charge in [0.05, 0.1) is 6.04 Å². The molecule has 2 amide bonds. The van der Waals surface area contributed by atoms with Crippen molar-refractivity contribution in [1.29, 1.82) is 0 Å². The fraction of sp³-hybridized carbons (Fsp3) is 0.222. The Hall–Kier alpha value is -4.27. The molecule has 0 saturated heterocycles. The van der Waals surface area contributed by atoms with Crippen molar-refractivity contribution in [3.8, 4) is 11.5 Å². The van der Waals surface area contributed by atoms with Crippen LogP contribution < -0.4 is 14.8 Å². The number of rotatable bonds is 7. The van der Waals surface area contributed by atoms with Crippen molar-refractivity contribution in [1.82, 2.24) is 5.32 Å². The van der Waals surface area contributed by atoms with Crippen LogP contribution in [0.3, 0.4) is 0 Å². The molecule has 5 rings (SSSR count). The first kappa shape index (κ1) is 23.5. The largest absolute Gasteiger partial charge is 0.460 e. The molecule has 2 aliphatic heterocycles. The molecular formula is C27H22F2N2O5. The number of hydrogen-bond acceptors (Lipinski definition) is 5. The van der Waals surface area contributed by atoms with E-state index < -0.39 is 35.6 Å². The van der Waals surface area contributed by atoms with E-state index in [1.807, 2.05) is 12.1 Å². The number of benzene rings is 3. The number of hydrogen-bond donors (Lipinski definition) is 1. The van der Waals surface area contributed by atoms with Crippen LogP contribution in [-0.4, -0.2) is 24.5 Å². The third-order valence-electron chi connectivity index (χ3n) is 6.08. The molecule has 9 heteroatoms. The van der Waals surface area contributed by atoms with E-state index >= 15 is 0 Å². The maximum absolute atomic E-state index is 14.0. The zero-order valence-electron chi connectivity index (χ0n) is 19.1. The van der Waals surface area contributed by atoms with Crippen LogP contribution >= 0.6 is 0 Å². The fourth-order valence-electron chi connectivity index (χ4n) is 4.29. The van der Waals surface area contributed by atoms with Crippen LogP contribution in [0.2, 0.25) is 0 Å². The molecule has 0 saturated carbocycles. The van der Waals surface area contributed by atoms with Gasteiger partial charge in [0.2, 0.25) is 6.79 Å². The summed E-state index contributed by atoms with van der Waals surface area (Å²) in [5.74, 6) is -1.21. The summed E-state index contributed by atoms with van der Waals surface area (Å²) in [5.41, 5.74) is 2.26. The maximum atomic E-state index is 14.0. The summed E-state index contributed by atoms with van der Waals surface area (Å²) in [6, 6.07) is 15.3. The number of urea groups is 1. The molecule has 36 heavy (non-hydrogen) atoms. The third kappa shape index (κ3) is 5.19. The highest BCUT2D eigenvalue weighted by molar-refractivity contribution is 6.09. The summed E-state index contributed by atoms with van der Waals surface area (Å²) >= 11 is 0. The predicted molar refractivity (Wildman–Crippen MR) is 126 cm³/mol. The summed E-state index contributed by atoms with van der Waals surface area (Å²) in [6.07, 6.45) is 0.759. The van der Waals surface area contributed by atoms with Crippen LogP contribution in [0, 0.1) is 17.6 Å². The number of ether oxygens (including phenoxy) is 3. The molecular weight excluding hydrogens is 470 g/mol. The SMILES string of the molecule is O=C1N=C(CCc2ccc3c(c2)OCO3)C(C(=O)OCc2ccc(F)cc2)C(c2cccc(F)c2)N1. The summed E-state index contributed by atoms with van der Waals surface area (Å²) in [6.45, 7) is 0.0673. The molecule has 0 fully saturated rings. The highest BCUT2D eigenvalue weighted by Crippen LogP contribution is 2.34. The molecule has 3 aromatic carbocycles. The maximum Gasteiger partial charge on any atom is 0.341 e. The number of carbonyl (C=O) groups is 2. The van der Waals surface area contributed by atoms with Gasteiger partial charge < -0.3 is 19.5 Å². The second-order valence-corrected chi connectivity index (χ2v) is 8.48. The average molecular weight is 492 g/mol. The number of nitrogens with one attached hydrogen (secondary N) is 1. The van der Waals surface area contributed by atoms with Crippen molar-refractivity contribution in [2.45, 2.75) is 25.5 Å². The standard InChI is InChI=1S/C27H22F2N2O5/c28-19-8-4-17(5-9-19)14-34-26(32)24-21(10-6-16-7-11-22-23(12-16)36-15-35-22)30-27(33)31-25(24)18-2-1-3-20(29)13-18/h1-5,7-9,11-13,24-25H,6,10,14-15H2,(H,31,33).